The maximum absolute atomic E-state index is 10.3. The first kappa shape index (κ1) is 15.1. The highest BCUT2D eigenvalue weighted by atomic mass is 31.1. The van der Waals surface area contributed by atoms with Gasteiger partial charge in [-0.25, -0.2) is 5.48 Å². The molecule has 80 valence electrons. The predicted molar refractivity (Wildman–Crippen MR) is 51.5 cm³/mol. The molecule has 0 aliphatic rings. The van der Waals surface area contributed by atoms with Gasteiger partial charge in [-0.1, -0.05) is 26.7 Å². The third-order valence-corrected chi connectivity index (χ3v) is 1.76. The van der Waals surface area contributed by atoms with Crippen LogP contribution in [0.25, 0.3) is 0 Å². The molecule has 5 nitrogen and oxygen atoms in total. The molecule has 0 heterocycles. The molecule has 1 unspecified atom stereocenters. The average molecular weight is 211 g/mol. The van der Waals surface area contributed by atoms with Crippen LogP contribution in [0.1, 0.15) is 33.6 Å². The van der Waals surface area contributed by atoms with E-state index in [-0.39, 0.29) is 6.41 Å². The molecular formula is C7H18NO4P. The predicted octanol–water partition coefficient (Wildman–Crippen LogP) is 1.90. The monoisotopic (exact) mass is 211 g/mol. The van der Waals surface area contributed by atoms with Crippen LogP contribution in [0, 0.1) is 0 Å². The fraction of sp³-hybridized carbons (Fsp3) is 0.857. The quantitative estimate of drug-likeness (QED) is 0.414. The van der Waals surface area contributed by atoms with Gasteiger partial charge in [0, 0.05) is 0 Å². The van der Waals surface area contributed by atoms with Gasteiger partial charge in [-0.15, -0.1) is 0 Å². The van der Waals surface area contributed by atoms with Crippen molar-refractivity contribution in [1.29, 1.82) is 0 Å². The number of amides is 1. The van der Waals surface area contributed by atoms with Crippen molar-refractivity contribution in [3.05, 3.63) is 0 Å². The van der Waals surface area contributed by atoms with Crippen molar-refractivity contribution >= 4 is 14.7 Å². The molecule has 1 amide bonds. The van der Waals surface area contributed by atoms with Crippen LogP contribution in [0.2, 0.25) is 0 Å². The van der Waals surface area contributed by atoms with Crippen LogP contribution < -0.4 is 5.48 Å². The van der Waals surface area contributed by atoms with Gasteiger partial charge in [-0.3, -0.25) is 9.36 Å². The molecule has 0 rings (SSSR count). The molecule has 13 heavy (non-hydrogen) atoms. The number of unbranched alkanes of at least 4 members (excludes halogenated alkanes) is 1. The van der Waals surface area contributed by atoms with Gasteiger partial charge in [0.2, 0.25) is 6.41 Å². The number of hydroxylamine groups is 1. The molecular weight excluding hydrogens is 193 g/mol. The Morgan fingerprint density at radius 1 is 1.31 bits per heavy atom. The van der Waals surface area contributed by atoms with E-state index in [1.807, 2.05) is 0 Å². The second kappa shape index (κ2) is 14.2. The fourth-order valence-electron chi connectivity index (χ4n) is 0.219. The standard InChI is InChI=1S/C4H10.C3H8NO4P/c1-3-4-2;1-2-7-9(6)8-4-3-5/h3-4H2,1-2H3;3,9H,2H2,1H3,(H,4,5). The molecule has 0 aromatic heterocycles. The van der Waals surface area contributed by atoms with Gasteiger partial charge >= 0.3 is 8.25 Å². The van der Waals surface area contributed by atoms with Crippen LogP contribution in [0.15, 0.2) is 0 Å². The van der Waals surface area contributed by atoms with Crippen molar-refractivity contribution in [3.63, 3.8) is 0 Å². The Labute approximate surface area is 79.7 Å². The Kier molecular flexibility index (Phi) is 16.5. The van der Waals surface area contributed by atoms with Crippen molar-refractivity contribution in [2.24, 2.45) is 0 Å². The molecule has 0 bridgehead atoms. The highest BCUT2D eigenvalue weighted by Crippen LogP contribution is 2.20. The molecule has 0 spiro atoms. The smallest absolute Gasteiger partial charge is 0.310 e. The van der Waals surface area contributed by atoms with Crippen LogP contribution in [0.4, 0.5) is 0 Å². The SMILES string of the molecule is CCCC.CCO[PH](=O)ONC=O. The lowest BCUT2D eigenvalue weighted by atomic mass is 10.4. The van der Waals surface area contributed by atoms with E-state index in [9.17, 15) is 9.36 Å². The van der Waals surface area contributed by atoms with Crippen LogP contribution in [-0.2, 0) is 18.5 Å². The van der Waals surface area contributed by atoms with E-state index in [4.69, 9.17) is 0 Å². The number of hydrogen-bond acceptors (Lipinski definition) is 4. The van der Waals surface area contributed by atoms with Crippen LogP contribution in [0.3, 0.4) is 0 Å². The minimum Gasteiger partial charge on any atom is -0.310 e. The first-order valence-electron chi connectivity index (χ1n) is 4.25. The van der Waals surface area contributed by atoms with Gasteiger partial charge in [0.25, 0.3) is 0 Å². The largest absolute Gasteiger partial charge is 0.340 e. The highest BCUT2D eigenvalue weighted by molar-refractivity contribution is 7.33. The summed E-state index contributed by atoms with van der Waals surface area (Å²) < 4.78 is 18.9. The van der Waals surface area contributed by atoms with Crippen LogP contribution >= 0.6 is 8.25 Å². The summed E-state index contributed by atoms with van der Waals surface area (Å²) in [5.74, 6) is 0. The van der Waals surface area contributed by atoms with E-state index < -0.39 is 8.25 Å². The van der Waals surface area contributed by atoms with Gasteiger partial charge in [0.1, 0.15) is 0 Å². The minimum absolute atomic E-state index is 0.279. The number of nitrogens with one attached hydrogen (secondary N) is 1. The lowest BCUT2D eigenvalue weighted by Gasteiger charge is -1.98. The first-order chi connectivity index (χ1) is 6.22. The van der Waals surface area contributed by atoms with E-state index in [0.717, 1.165) is 0 Å². The van der Waals surface area contributed by atoms with E-state index in [1.54, 1.807) is 12.4 Å². The Bertz CT molecular complexity index is 130. The second-order valence-electron chi connectivity index (χ2n) is 2.02. The van der Waals surface area contributed by atoms with Crippen molar-refractivity contribution < 1.29 is 18.5 Å². The average Bonchev–Trinajstić information content (AvgIpc) is 2.16. The molecule has 1 atom stereocenters. The van der Waals surface area contributed by atoms with Gasteiger partial charge < -0.3 is 4.52 Å². The summed E-state index contributed by atoms with van der Waals surface area (Å²) in [5, 5.41) is 0. The zero-order valence-corrected chi connectivity index (χ0v) is 9.33. The lowest BCUT2D eigenvalue weighted by Crippen LogP contribution is -2.06. The number of carbonyl (C=O) groups is 1. The summed E-state index contributed by atoms with van der Waals surface area (Å²) in [6.45, 7) is 6.34. The normalized spacial score (nSPS) is 11.0. The zero-order chi connectivity index (χ0) is 10.5. The lowest BCUT2D eigenvalue weighted by molar-refractivity contribution is -0.115. The Hall–Kier alpha value is -0.380. The molecule has 0 fully saturated rings. The summed E-state index contributed by atoms with van der Waals surface area (Å²) >= 11 is 0. The number of carbonyl (C=O) groups excluding carboxylic acids is 1. The summed E-state index contributed by atoms with van der Waals surface area (Å²) in [6, 6.07) is 0. The van der Waals surface area contributed by atoms with Crippen molar-refractivity contribution in [2.75, 3.05) is 6.61 Å². The number of rotatable bonds is 6. The molecule has 0 radical (unpaired) electrons. The second-order valence-corrected chi connectivity index (χ2v) is 3.01. The van der Waals surface area contributed by atoms with Gasteiger partial charge in [-0.05, 0) is 6.92 Å². The first-order valence-corrected chi connectivity index (χ1v) is 5.48. The summed E-state index contributed by atoms with van der Waals surface area (Å²) in [7, 11) is -2.50. The van der Waals surface area contributed by atoms with E-state index in [0.29, 0.717) is 6.61 Å². The van der Waals surface area contributed by atoms with Gasteiger partial charge in [0.15, 0.2) is 0 Å². The van der Waals surface area contributed by atoms with Crippen molar-refractivity contribution in [1.82, 2.24) is 5.48 Å². The van der Waals surface area contributed by atoms with Gasteiger partial charge in [-0.2, -0.15) is 4.62 Å². The molecule has 0 saturated heterocycles. The van der Waals surface area contributed by atoms with E-state index in [1.165, 1.54) is 12.8 Å². The third-order valence-electron chi connectivity index (χ3n) is 0.953. The van der Waals surface area contributed by atoms with Crippen LogP contribution in [0.5, 0.6) is 0 Å². The highest BCUT2D eigenvalue weighted by Gasteiger charge is 1.93. The molecule has 0 saturated carbocycles. The fourth-order valence-corrected chi connectivity index (χ4v) is 0.658. The maximum atomic E-state index is 10.3. The summed E-state index contributed by atoms with van der Waals surface area (Å²) in [4.78, 5) is 9.50. The van der Waals surface area contributed by atoms with E-state index in [2.05, 4.69) is 23.0 Å². The topological polar surface area (TPSA) is 64.6 Å². The molecule has 0 aliphatic carbocycles. The van der Waals surface area contributed by atoms with Crippen molar-refractivity contribution in [3.8, 4) is 0 Å². The van der Waals surface area contributed by atoms with Crippen LogP contribution in [-0.4, -0.2) is 13.0 Å². The summed E-state index contributed by atoms with van der Waals surface area (Å²) in [5.41, 5.74) is 1.76. The van der Waals surface area contributed by atoms with Crippen molar-refractivity contribution in [2.45, 2.75) is 33.6 Å². The zero-order valence-electron chi connectivity index (χ0n) is 8.33. The molecule has 1 N–H and O–H groups in total. The van der Waals surface area contributed by atoms with Gasteiger partial charge in [0.05, 0.1) is 6.61 Å². The molecule has 0 aromatic rings. The number of hydrogen-bond donors (Lipinski definition) is 1. The third kappa shape index (κ3) is 18.5. The minimum atomic E-state index is -2.50. The summed E-state index contributed by atoms with van der Waals surface area (Å²) in [6.07, 6.45) is 2.92. The molecule has 6 heteroatoms. The molecule has 0 aliphatic heterocycles. The van der Waals surface area contributed by atoms with E-state index >= 15 is 0 Å². The molecule has 0 aromatic carbocycles. The maximum Gasteiger partial charge on any atom is 0.340 e. The Morgan fingerprint density at radius 2 is 1.85 bits per heavy atom. The Balaban J connectivity index is 0. The Morgan fingerprint density at radius 3 is 2.15 bits per heavy atom.